The summed E-state index contributed by atoms with van der Waals surface area (Å²) in [6.45, 7) is 0. The monoisotopic (exact) mass is 184 g/mol. The predicted octanol–water partition coefficient (Wildman–Crippen LogP) is 2.00. The van der Waals surface area contributed by atoms with Crippen molar-refractivity contribution in [2.75, 3.05) is 0 Å². The van der Waals surface area contributed by atoms with E-state index in [4.69, 9.17) is 22.6 Å². The van der Waals surface area contributed by atoms with Gasteiger partial charge in [-0.05, 0) is 23.8 Å². The number of nitriles is 1. The van der Waals surface area contributed by atoms with Crippen LogP contribution in [-0.2, 0) is 0 Å². The molecule has 1 atom stereocenters. The Balaban J connectivity index is 3.10. The van der Waals surface area contributed by atoms with Gasteiger partial charge in [0.2, 0.25) is 0 Å². The third kappa shape index (κ3) is 1.94. The fourth-order valence-electron chi connectivity index (χ4n) is 0.829. The second-order valence-electron chi connectivity index (χ2n) is 2.31. The summed E-state index contributed by atoms with van der Waals surface area (Å²) in [5.41, 5.74) is 5.74. The van der Waals surface area contributed by atoms with Crippen LogP contribution in [0.25, 0.3) is 0 Å². The van der Waals surface area contributed by atoms with Crippen LogP contribution in [0.2, 0.25) is 5.02 Å². The Morgan fingerprint density at radius 1 is 1.50 bits per heavy atom. The molecule has 1 rings (SSSR count). The summed E-state index contributed by atoms with van der Waals surface area (Å²) in [7, 11) is 0. The van der Waals surface area contributed by atoms with Gasteiger partial charge in [0.05, 0.1) is 6.07 Å². The zero-order valence-corrected chi connectivity index (χ0v) is 6.85. The molecule has 0 aliphatic rings. The third-order valence-electron chi connectivity index (χ3n) is 1.38. The first-order valence-corrected chi connectivity index (χ1v) is 3.62. The first kappa shape index (κ1) is 8.98. The van der Waals surface area contributed by atoms with Crippen LogP contribution in [0.15, 0.2) is 18.2 Å². The minimum Gasteiger partial charge on any atom is -0.312 e. The van der Waals surface area contributed by atoms with E-state index in [0.717, 1.165) is 6.07 Å². The van der Waals surface area contributed by atoms with Crippen LogP contribution in [0.4, 0.5) is 4.39 Å². The first-order chi connectivity index (χ1) is 5.63. The molecule has 0 amide bonds. The van der Waals surface area contributed by atoms with E-state index in [1.807, 2.05) is 0 Å². The molecule has 0 aromatic heterocycles. The summed E-state index contributed by atoms with van der Waals surface area (Å²) in [6.07, 6.45) is 0. The Morgan fingerprint density at radius 2 is 2.17 bits per heavy atom. The van der Waals surface area contributed by atoms with Crippen molar-refractivity contribution in [3.63, 3.8) is 0 Å². The highest BCUT2D eigenvalue weighted by Crippen LogP contribution is 2.17. The van der Waals surface area contributed by atoms with E-state index in [-0.39, 0.29) is 5.02 Å². The van der Waals surface area contributed by atoms with Crippen molar-refractivity contribution in [2.24, 2.45) is 5.73 Å². The Morgan fingerprint density at radius 3 is 2.67 bits per heavy atom. The van der Waals surface area contributed by atoms with Crippen LogP contribution in [0, 0.1) is 17.1 Å². The molecule has 2 N–H and O–H groups in total. The van der Waals surface area contributed by atoms with Crippen LogP contribution in [0.3, 0.4) is 0 Å². The van der Waals surface area contributed by atoms with Gasteiger partial charge in [-0.2, -0.15) is 5.26 Å². The lowest BCUT2D eigenvalue weighted by Gasteiger charge is -2.02. The van der Waals surface area contributed by atoms with Crippen molar-refractivity contribution in [1.29, 1.82) is 5.26 Å². The fourth-order valence-corrected chi connectivity index (χ4v) is 1.06. The maximum atomic E-state index is 12.7. The molecule has 0 aliphatic heterocycles. The van der Waals surface area contributed by atoms with Crippen molar-refractivity contribution in [1.82, 2.24) is 0 Å². The minimum atomic E-state index is -0.821. The molecular weight excluding hydrogens is 179 g/mol. The Labute approximate surface area is 74.4 Å². The summed E-state index contributed by atoms with van der Waals surface area (Å²) < 4.78 is 12.7. The van der Waals surface area contributed by atoms with E-state index in [1.54, 1.807) is 6.07 Å². The van der Waals surface area contributed by atoms with Crippen LogP contribution >= 0.6 is 11.6 Å². The van der Waals surface area contributed by atoms with Crippen molar-refractivity contribution in [3.05, 3.63) is 34.6 Å². The van der Waals surface area contributed by atoms with Gasteiger partial charge in [0.15, 0.2) is 0 Å². The molecule has 0 saturated heterocycles. The molecule has 0 fully saturated rings. The van der Waals surface area contributed by atoms with Crippen LogP contribution in [-0.4, -0.2) is 0 Å². The molecule has 0 bridgehead atoms. The summed E-state index contributed by atoms with van der Waals surface area (Å²) in [4.78, 5) is 0. The zero-order valence-electron chi connectivity index (χ0n) is 6.09. The van der Waals surface area contributed by atoms with E-state index in [0.29, 0.717) is 5.56 Å². The molecule has 0 unspecified atom stereocenters. The molecule has 4 heteroatoms. The smallest absolute Gasteiger partial charge is 0.125 e. The van der Waals surface area contributed by atoms with E-state index >= 15 is 0 Å². The average Bonchev–Trinajstić information content (AvgIpc) is 2.01. The van der Waals surface area contributed by atoms with Gasteiger partial charge < -0.3 is 5.73 Å². The van der Waals surface area contributed by atoms with E-state index in [2.05, 4.69) is 0 Å². The minimum absolute atomic E-state index is 0.246. The fraction of sp³-hybridized carbons (Fsp3) is 0.125. The molecule has 2 nitrogen and oxygen atoms in total. The molecule has 1 aromatic carbocycles. The molecule has 0 radical (unpaired) electrons. The van der Waals surface area contributed by atoms with Gasteiger partial charge in [-0.1, -0.05) is 11.6 Å². The Kier molecular flexibility index (Phi) is 2.64. The molecular formula is C8H6ClFN2. The highest BCUT2D eigenvalue weighted by Gasteiger charge is 2.06. The molecule has 0 heterocycles. The second kappa shape index (κ2) is 3.53. The number of nitrogens with zero attached hydrogens (tertiary/aromatic N) is 1. The lowest BCUT2D eigenvalue weighted by Crippen LogP contribution is -2.07. The SMILES string of the molecule is N#C[C@@H](N)c1cc(F)cc(Cl)c1. The first-order valence-electron chi connectivity index (χ1n) is 3.24. The van der Waals surface area contributed by atoms with E-state index in [1.165, 1.54) is 12.1 Å². The maximum absolute atomic E-state index is 12.7. The maximum Gasteiger partial charge on any atom is 0.125 e. The number of halogens is 2. The van der Waals surface area contributed by atoms with Crippen LogP contribution in [0.5, 0.6) is 0 Å². The summed E-state index contributed by atoms with van der Waals surface area (Å²) in [5.74, 6) is -0.483. The van der Waals surface area contributed by atoms with Gasteiger partial charge in [-0.15, -0.1) is 0 Å². The van der Waals surface area contributed by atoms with Crippen LogP contribution in [0.1, 0.15) is 11.6 Å². The van der Waals surface area contributed by atoms with Crippen LogP contribution < -0.4 is 5.73 Å². The van der Waals surface area contributed by atoms with Crippen molar-refractivity contribution < 1.29 is 4.39 Å². The highest BCUT2D eigenvalue weighted by molar-refractivity contribution is 6.30. The quantitative estimate of drug-likeness (QED) is 0.726. The molecule has 0 aliphatic carbocycles. The molecule has 1 aromatic rings. The second-order valence-corrected chi connectivity index (χ2v) is 2.75. The van der Waals surface area contributed by atoms with Crippen molar-refractivity contribution >= 4 is 11.6 Å². The average molecular weight is 185 g/mol. The van der Waals surface area contributed by atoms with Gasteiger partial charge >= 0.3 is 0 Å². The van der Waals surface area contributed by atoms with E-state index in [9.17, 15) is 4.39 Å². The Bertz CT molecular complexity index is 312. The van der Waals surface area contributed by atoms with Gasteiger partial charge in [-0.25, -0.2) is 4.39 Å². The molecule has 62 valence electrons. The highest BCUT2D eigenvalue weighted by atomic mass is 35.5. The number of nitrogens with two attached hydrogens (primary N) is 1. The Hall–Kier alpha value is -1.11. The van der Waals surface area contributed by atoms with Crippen molar-refractivity contribution in [3.8, 4) is 6.07 Å². The van der Waals surface area contributed by atoms with Gasteiger partial charge in [0.25, 0.3) is 0 Å². The predicted molar refractivity (Wildman–Crippen MR) is 44.0 cm³/mol. The summed E-state index contributed by atoms with van der Waals surface area (Å²) >= 11 is 5.55. The lowest BCUT2D eigenvalue weighted by molar-refractivity contribution is 0.624. The van der Waals surface area contributed by atoms with Gasteiger partial charge in [0.1, 0.15) is 11.9 Å². The molecule has 12 heavy (non-hydrogen) atoms. The normalized spacial score (nSPS) is 12.2. The number of hydrogen-bond donors (Lipinski definition) is 1. The van der Waals surface area contributed by atoms with Gasteiger partial charge in [-0.3, -0.25) is 0 Å². The summed E-state index contributed by atoms with van der Waals surface area (Å²) in [6, 6.07) is 4.79. The summed E-state index contributed by atoms with van der Waals surface area (Å²) in [5, 5.41) is 8.68. The number of rotatable bonds is 1. The topological polar surface area (TPSA) is 49.8 Å². The molecule has 0 spiro atoms. The zero-order chi connectivity index (χ0) is 9.14. The lowest BCUT2D eigenvalue weighted by atomic mass is 10.1. The van der Waals surface area contributed by atoms with Gasteiger partial charge in [0, 0.05) is 5.02 Å². The largest absolute Gasteiger partial charge is 0.312 e. The molecule has 0 saturated carbocycles. The number of benzene rings is 1. The van der Waals surface area contributed by atoms with Crippen molar-refractivity contribution in [2.45, 2.75) is 6.04 Å². The van der Waals surface area contributed by atoms with E-state index < -0.39 is 11.9 Å². The number of hydrogen-bond acceptors (Lipinski definition) is 2. The third-order valence-corrected chi connectivity index (χ3v) is 1.60. The standard InChI is InChI=1S/C8H6ClFN2/c9-6-1-5(8(12)4-11)2-7(10)3-6/h1-3,8H,12H2/t8-/m1/s1.